The Hall–Kier alpha value is -2.73. The molecule has 0 heterocycles. The second kappa shape index (κ2) is 8.21. The van der Waals surface area contributed by atoms with Crippen molar-refractivity contribution in [1.82, 2.24) is 5.32 Å². The number of hydrogen-bond donors (Lipinski definition) is 1. The number of benzene rings is 2. The fourth-order valence-electron chi connectivity index (χ4n) is 2.21. The van der Waals surface area contributed by atoms with Gasteiger partial charge in [-0.1, -0.05) is 12.1 Å². The maximum absolute atomic E-state index is 13.3. The normalized spacial score (nSPS) is 11.6. The predicted octanol–water partition coefficient (Wildman–Crippen LogP) is 2.73. The molecule has 0 saturated heterocycles. The molecule has 1 amide bonds. The van der Waals surface area contributed by atoms with Crippen LogP contribution in [-0.4, -0.2) is 32.6 Å². The Bertz CT molecular complexity index is 715. The fourth-order valence-corrected chi connectivity index (χ4v) is 2.21. The maximum Gasteiger partial charge on any atom is 0.337 e. The number of halogens is 1. The number of amides is 1. The summed E-state index contributed by atoms with van der Waals surface area (Å²) in [5, 5.41) is 2.73. The summed E-state index contributed by atoms with van der Waals surface area (Å²) in [6.07, 6.45) is -0.459. The van der Waals surface area contributed by atoms with Crippen molar-refractivity contribution < 1.29 is 23.5 Å². The lowest BCUT2D eigenvalue weighted by molar-refractivity contribution is 0.0600. The third-order valence-electron chi connectivity index (χ3n) is 3.52. The molecule has 0 bridgehead atoms. The summed E-state index contributed by atoms with van der Waals surface area (Å²) < 4.78 is 23.2. The molecule has 2 rings (SSSR count). The average Bonchev–Trinajstić information content (AvgIpc) is 2.61. The van der Waals surface area contributed by atoms with Gasteiger partial charge in [-0.05, 0) is 42.0 Å². The van der Waals surface area contributed by atoms with Gasteiger partial charge in [-0.2, -0.15) is 0 Å². The van der Waals surface area contributed by atoms with Gasteiger partial charge in [0.1, 0.15) is 5.82 Å². The van der Waals surface area contributed by atoms with Crippen LogP contribution in [0.3, 0.4) is 0 Å². The Balaban J connectivity index is 2.00. The van der Waals surface area contributed by atoms with E-state index in [1.54, 1.807) is 12.1 Å². The molecule has 2 aromatic carbocycles. The van der Waals surface area contributed by atoms with E-state index in [2.05, 4.69) is 10.1 Å². The van der Waals surface area contributed by atoms with Gasteiger partial charge in [-0.25, -0.2) is 9.18 Å². The summed E-state index contributed by atoms with van der Waals surface area (Å²) >= 11 is 0. The minimum atomic E-state index is -0.465. The van der Waals surface area contributed by atoms with Crippen molar-refractivity contribution in [2.24, 2.45) is 0 Å². The average molecular weight is 331 g/mol. The fraction of sp³-hybridized carbons (Fsp3) is 0.222. The van der Waals surface area contributed by atoms with Crippen molar-refractivity contribution in [1.29, 1.82) is 0 Å². The topological polar surface area (TPSA) is 64.6 Å². The van der Waals surface area contributed by atoms with Crippen LogP contribution < -0.4 is 5.32 Å². The highest BCUT2D eigenvalue weighted by Gasteiger charge is 2.14. The SMILES string of the molecule is COC(=O)c1ccc(C(=O)NCC(OC)c2cccc(F)c2)cc1. The Morgan fingerprint density at radius 2 is 1.75 bits per heavy atom. The number of nitrogens with one attached hydrogen (secondary N) is 1. The molecule has 0 aliphatic rings. The highest BCUT2D eigenvalue weighted by Crippen LogP contribution is 2.17. The maximum atomic E-state index is 13.3. The van der Waals surface area contributed by atoms with Crippen LogP contribution in [0.15, 0.2) is 48.5 Å². The Kier molecular flexibility index (Phi) is 6.03. The van der Waals surface area contributed by atoms with Gasteiger partial charge in [0, 0.05) is 19.2 Å². The van der Waals surface area contributed by atoms with Gasteiger partial charge >= 0.3 is 5.97 Å². The van der Waals surface area contributed by atoms with E-state index in [9.17, 15) is 14.0 Å². The molecule has 0 saturated carbocycles. The minimum Gasteiger partial charge on any atom is -0.465 e. The number of ether oxygens (including phenoxy) is 2. The molecule has 0 aromatic heterocycles. The van der Waals surface area contributed by atoms with Gasteiger partial charge in [0.05, 0.1) is 18.8 Å². The van der Waals surface area contributed by atoms with Gasteiger partial charge in [0.25, 0.3) is 5.91 Å². The minimum absolute atomic E-state index is 0.192. The van der Waals surface area contributed by atoms with E-state index >= 15 is 0 Å². The van der Waals surface area contributed by atoms with Gasteiger partial charge in [0.2, 0.25) is 0 Å². The summed E-state index contributed by atoms with van der Waals surface area (Å²) in [4.78, 5) is 23.5. The lowest BCUT2D eigenvalue weighted by Crippen LogP contribution is -2.29. The standard InChI is InChI=1S/C18H18FNO4/c1-23-16(14-4-3-5-15(19)10-14)11-20-17(21)12-6-8-13(9-7-12)18(22)24-2/h3-10,16H,11H2,1-2H3,(H,20,21). The summed E-state index contributed by atoms with van der Waals surface area (Å²) in [5.74, 6) is -1.14. The van der Waals surface area contributed by atoms with Crippen LogP contribution in [0.4, 0.5) is 4.39 Å². The number of carbonyl (C=O) groups excluding carboxylic acids is 2. The van der Waals surface area contributed by atoms with E-state index in [0.717, 1.165) is 0 Å². The Labute approximate surface area is 139 Å². The molecule has 1 N–H and O–H groups in total. The molecular weight excluding hydrogens is 313 g/mol. The van der Waals surface area contributed by atoms with Crippen molar-refractivity contribution in [2.75, 3.05) is 20.8 Å². The number of esters is 1. The van der Waals surface area contributed by atoms with Gasteiger partial charge < -0.3 is 14.8 Å². The van der Waals surface area contributed by atoms with Crippen LogP contribution in [0.5, 0.6) is 0 Å². The van der Waals surface area contributed by atoms with Crippen molar-refractivity contribution in [3.05, 3.63) is 71.0 Å². The first-order valence-corrected chi connectivity index (χ1v) is 7.30. The first-order chi connectivity index (χ1) is 11.5. The third kappa shape index (κ3) is 4.39. The molecule has 126 valence electrons. The smallest absolute Gasteiger partial charge is 0.337 e. The molecule has 0 aliphatic carbocycles. The van der Waals surface area contributed by atoms with Crippen molar-refractivity contribution in [3.8, 4) is 0 Å². The second-order valence-corrected chi connectivity index (χ2v) is 5.06. The van der Waals surface area contributed by atoms with E-state index < -0.39 is 12.1 Å². The summed E-state index contributed by atoms with van der Waals surface area (Å²) in [6.45, 7) is 0.192. The van der Waals surface area contributed by atoms with E-state index in [4.69, 9.17) is 4.74 Å². The second-order valence-electron chi connectivity index (χ2n) is 5.06. The largest absolute Gasteiger partial charge is 0.465 e. The quantitative estimate of drug-likeness (QED) is 0.827. The van der Waals surface area contributed by atoms with Crippen molar-refractivity contribution >= 4 is 11.9 Å². The Morgan fingerprint density at radius 1 is 1.08 bits per heavy atom. The number of carbonyl (C=O) groups is 2. The third-order valence-corrected chi connectivity index (χ3v) is 3.52. The summed E-state index contributed by atoms with van der Waals surface area (Å²) in [6, 6.07) is 12.1. The molecular formula is C18H18FNO4. The molecule has 0 aliphatic heterocycles. The van der Waals surface area contributed by atoms with Crippen molar-refractivity contribution in [2.45, 2.75) is 6.10 Å². The van der Waals surface area contributed by atoms with Crippen LogP contribution in [0.2, 0.25) is 0 Å². The zero-order chi connectivity index (χ0) is 17.5. The van der Waals surface area contributed by atoms with Gasteiger partial charge in [-0.15, -0.1) is 0 Å². The van der Waals surface area contributed by atoms with Gasteiger partial charge in [-0.3, -0.25) is 4.79 Å². The molecule has 1 atom stereocenters. The molecule has 0 spiro atoms. The monoisotopic (exact) mass is 331 g/mol. The summed E-state index contributed by atoms with van der Waals surface area (Å²) in [5.41, 5.74) is 1.40. The van der Waals surface area contributed by atoms with Crippen molar-refractivity contribution in [3.63, 3.8) is 0 Å². The highest BCUT2D eigenvalue weighted by atomic mass is 19.1. The van der Waals surface area contributed by atoms with Crippen LogP contribution in [-0.2, 0) is 9.47 Å². The lowest BCUT2D eigenvalue weighted by atomic mass is 10.1. The summed E-state index contributed by atoms with van der Waals surface area (Å²) in [7, 11) is 2.78. The number of methoxy groups -OCH3 is 2. The molecule has 0 fully saturated rings. The highest BCUT2D eigenvalue weighted by molar-refractivity contribution is 5.96. The zero-order valence-electron chi connectivity index (χ0n) is 13.4. The predicted molar refractivity (Wildman–Crippen MR) is 86.3 cm³/mol. The first kappa shape index (κ1) is 17.6. The molecule has 24 heavy (non-hydrogen) atoms. The molecule has 1 unspecified atom stereocenters. The Morgan fingerprint density at radius 3 is 2.33 bits per heavy atom. The molecule has 0 radical (unpaired) electrons. The van der Waals surface area contributed by atoms with Crippen LogP contribution >= 0.6 is 0 Å². The number of hydrogen-bond acceptors (Lipinski definition) is 4. The van der Waals surface area contributed by atoms with Gasteiger partial charge in [0.15, 0.2) is 0 Å². The molecule has 6 heteroatoms. The van der Waals surface area contributed by atoms with E-state index in [1.807, 2.05) is 0 Å². The molecule has 2 aromatic rings. The first-order valence-electron chi connectivity index (χ1n) is 7.30. The zero-order valence-corrected chi connectivity index (χ0v) is 13.4. The van der Waals surface area contributed by atoms with Crippen LogP contribution in [0.1, 0.15) is 32.4 Å². The van der Waals surface area contributed by atoms with E-state index in [0.29, 0.717) is 16.7 Å². The van der Waals surface area contributed by atoms with Crippen LogP contribution in [0.25, 0.3) is 0 Å². The van der Waals surface area contributed by atoms with E-state index in [1.165, 1.54) is 50.6 Å². The molecule has 5 nitrogen and oxygen atoms in total. The van der Waals surface area contributed by atoms with Crippen LogP contribution in [0, 0.1) is 5.82 Å². The lowest BCUT2D eigenvalue weighted by Gasteiger charge is -2.16. The van der Waals surface area contributed by atoms with E-state index in [-0.39, 0.29) is 18.3 Å². The number of rotatable bonds is 6.